The number of hydrogen-bond acceptors (Lipinski definition) is 3. The molecule has 1 aliphatic heterocycles. The first kappa shape index (κ1) is 22.9. The Morgan fingerprint density at radius 3 is 2.26 bits per heavy atom. The maximum Gasteiger partial charge on any atom is 0.259 e. The molecule has 2 amide bonds. The molecule has 0 bridgehead atoms. The zero-order valence-corrected chi connectivity index (χ0v) is 20.2. The summed E-state index contributed by atoms with van der Waals surface area (Å²) in [5.41, 5.74) is 2.86. The van der Waals surface area contributed by atoms with Crippen LogP contribution in [0.3, 0.4) is 0 Å². The number of halogens is 1. The molecule has 2 aromatic carbocycles. The van der Waals surface area contributed by atoms with Gasteiger partial charge in [0.1, 0.15) is 5.56 Å². The minimum atomic E-state index is -0.146. The van der Waals surface area contributed by atoms with E-state index < -0.39 is 0 Å². The Balaban J connectivity index is 1.34. The van der Waals surface area contributed by atoms with Crippen LogP contribution in [0.2, 0.25) is 5.02 Å². The second-order valence-electron chi connectivity index (χ2n) is 8.68. The zero-order valence-electron chi connectivity index (χ0n) is 19.4. The number of hydrogen-bond donors (Lipinski definition) is 1. The largest absolute Gasteiger partial charge is 0.338 e. The fourth-order valence-corrected chi connectivity index (χ4v) is 4.64. The molecule has 4 aromatic rings. The first-order valence-corrected chi connectivity index (χ1v) is 12.0. The third-order valence-corrected chi connectivity index (χ3v) is 6.62. The minimum absolute atomic E-state index is 0.0273. The molecule has 178 valence electrons. The van der Waals surface area contributed by atoms with Gasteiger partial charge in [-0.25, -0.2) is 4.68 Å². The van der Waals surface area contributed by atoms with Crippen LogP contribution in [0, 0.1) is 12.8 Å². The van der Waals surface area contributed by atoms with Crippen LogP contribution in [0.15, 0.2) is 79.1 Å². The summed E-state index contributed by atoms with van der Waals surface area (Å²) < 4.78 is 3.74. The average molecular weight is 488 g/mol. The fourth-order valence-electron chi connectivity index (χ4n) is 4.51. The van der Waals surface area contributed by atoms with Gasteiger partial charge in [-0.1, -0.05) is 29.8 Å². The molecule has 0 radical (unpaired) electrons. The number of amides is 2. The number of aryl methyl sites for hydroxylation is 1. The predicted molar refractivity (Wildman–Crippen MR) is 136 cm³/mol. The number of aromatic nitrogens is 3. The van der Waals surface area contributed by atoms with E-state index >= 15 is 0 Å². The van der Waals surface area contributed by atoms with Crippen LogP contribution in [0.4, 0.5) is 5.69 Å². The Labute approximate surface area is 208 Å². The van der Waals surface area contributed by atoms with Crippen LogP contribution in [0.1, 0.15) is 28.9 Å². The van der Waals surface area contributed by atoms with E-state index in [0.29, 0.717) is 48.0 Å². The van der Waals surface area contributed by atoms with E-state index in [1.807, 2.05) is 75.9 Å². The Bertz CT molecular complexity index is 1320. The van der Waals surface area contributed by atoms with Crippen LogP contribution in [-0.2, 0) is 4.79 Å². The summed E-state index contributed by atoms with van der Waals surface area (Å²) in [5.74, 6) is 0.476. The van der Waals surface area contributed by atoms with Gasteiger partial charge in [-0.3, -0.25) is 9.59 Å². The van der Waals surface area contributed by atoms with Gasteiger partial charge in [-0.05, 0) is 68.3 Å². The van der Waals surface area contributed by atoms with Crippen molar-refractivity contribution >= 4 is 29.1 Å². The van der Waals surface area contributed by atoms with Crippen LogP contribution in [0.5, 0.6) is 0 Å². The van der Waals surface area contributed by atoms with Gasteiger partial charge in [0.05, 0.1) is 11.4 Å². The van der Waals surface area contributed by atoms with Crippen molar-refractivity contribution in [2.24, 2.45) is 5.92 Å². The van der Waals surface area contributed by atoms with E-state index in [2.05, 4.69) is 5.32 Å². The molecule has 1 N–H and O–H groups in total. The topological polar surface area (TPSA) is 72.2 Å². The van der Waals surface area contributed by atoms with E-state index in [0.717, 1.165) is 11.4 Å². The SMILES string of the molecule is Cc1nn(-c2ccccc2)c(-n2cccc2)c1C(=O)N1CCC(C(=O)Nc2ccc(Cl)cc2)CC1. The number of para-hydroxylation sites is 1. The molecule has 5 rings (SSSR count). The standard InChI is InChI=1S/C27H26ClN5O2/c1-19-24(26(31-15-5-6-16-31)33(30-19)23-7-3-2-4-8-23)27(35)32-17-13-20(14-18-32)25(34)29-22-11-9-21(28)10-12-22/h2-12,15-16,20H,13-14,17-18H2,1H3,(H,29,34). The summed E-state index contributed by atoms with van der Waals surface area (Å²) in [5, 5.41) is 8.30. The second kappa shape index (κ2) is 9.80. The number of likely N-dealkylation sites (tertiary alicyclic amines) is 1. The molecule has 0 spiro atoms. The Hall–Kier alpha value is -3.84. The van der Waals surface area contributed by atoms with Gasteiger partial charge < -0.3 is 14.8 Å². The summed E-state index contributed by atoms with van der Waals surface area (Å²) in [4.78, 5) is 28.3. The second-order valence-corrected chi connectivity index (χ2v) is 9.12. The molecule has 1 saturated heterocycles. The number of nitrogens with zero attached hydrogens (tertiary/aromatic N) is 4. The molecule has 2 aromatic heterocycles. The number of carbonyl (C=O) groups is 2. The molecule has 3 heterocycles. The maximum atomic E-state index is 13.7. The maximum absolute atomic E-state index is 13.7. The van der Waals surface area contributed by atoms with Crippen molar-refractivity contribution in [1.82, 2.24) is 19.2 Å². The molecule has 0 saturated carbocycles. The highest BCUT2D eigenvalue weighted by molar-refractivity contribution is 6.30. The summed E-state index contributed by atoms with van der Waals surface area (Å²) in [6, 6.07) is 20.7. The first-order chi connectivity index (χ1) is 17.0. The lowest BCUT2D eigenvalue weighted by atomic mass is 9.95. The zero-order chi connectivity index (χ0) is 24.4. The number of nitrogens with one attached hydrogen (secondary N) is 1. The Morgan fingerprint density at radius 1 is 0.943 bits per heavy atom. The Morgan fingerprint density at radius 2 is 1.60 bits per heavy atom. The molecular formula is C27H26ClN5O2. The van der Waals surface area contributed by atoms with Crippen LogP contribution < -0.4 is 5.32 Å². The van der Waals surface area contributed by atoms with Crippen molar-refractivity contribution in [3.63, 3.8) is 0 Å². The molecule has 1 aliphatic rings. The smallest absolute Gasteiger partial charge is 0.259 e. The molecule has 0 aliphatic carbocycles. The van der Waals surface area contributed by atoms with Gasteiger partial charge >= 0.3 is 0 Å². The summed E-state index contributed by atoms with van der Waals surface area (Å²) in [6.45, 7) is 2.89. The molecular weight excluding hydrogens is 462 g/mol. The summed E-state index contributed by atoms with van der Waals surface area (Å²) in [7, 11) is 0. The number of anilines is 1. The lowest BCUT2D eigenvalue weighted by molar-refractivity contribution is -0.121. The van der Waals surface area contributed by atoms with Gasteiger partial charge in [0.15, 0.2) is 5.82 Å². The summed E-state index contributed by atoms with van der Waals surface area (Å²) >= 11 is 5.93. The van der Waals surface area contributed by atoms with Crippen LogP contribution in [0.25, 0.3) is 11.5 Å². The van der Waals surface area contributed by atoms with E-state index in [-0.39, 0.29) is 17.7 Å². The number of benzene rings is 2. The molecule has 0 atom stereocenters. The van der Waals surface area contributed by atoms with Gasteiger partial charge in [0.25, 0.3) is 5.91 Å². The molecule has 0 unspecified atom stereocenters. The van der Waals surface area contributed by atoms with Gasteiger partial charge in [-0.2, -0.15) is 5.10 Å². The highest BCUT2D eigenvalue weighted by atomic mass is 35.5. The molecule has 8 heteroatoms. The van der Waals surface area contributed by atoms with Crippen molar-refractivity contribution < 1.29 is 9.59 Å². The van der Waals surface area contributed by atoms with Crippen molar-refractivity contribution in [2.75, 3.05) is 18.4 Å². The third kappa shape index (κ3) is 4.72. The Kier molecular flexibility index (Phi) is 6.42. The van der Waals surface area contributed by atoms with Crippen molar-refractivity contribution in [2.45, 2.75) is 19.8 Å². The fraction of sp³-hybridized carbons (Fsp3) is 0.222. The van der Waals surface area contributed by atoms with E-state index in [9.17, 15) is 9.59 Å². The summed E-state index contributed by atoms with van der Waals surface area (Å²) in [6.07, 6.45) is 5.05. The number of piperidine rings is 1. The highest BCUT2D eigenvalue weighted by Gasteiger charge is 2.32. The van der Waals surface area contributed by atoms with Crippen LogP contribution >= 0.6 is 11.6 Å². The first-order valence-electron chi connectivity index (χ1n) is 11.7. The van der Waals surface area contributed by atoms with E-state index in [1.165, 1.54) is 0 Å². The van der Waals surface area contributed by atoms with Gasteiger partial charge in [0, 0.05) is 42.1 Å². The lowest BCUT2D eigenvalue weighted by Gasteiger charge is -2.31. The van der Waals surface area contributed by atoms with Gasteiger partial charge in [0.2, 0.25) is 5.91 Å². The minimum Gasteiger partial charge on any atom is -0.338 e. The normalized spacial score (nSPS) is 14.2. The third-order valence-electron chi connectivity index (χ3n) is 6.36. The van der Waals surface area contributed by atoms with Crippen LogP contribution in [-0.4, -0.2) is 44.2 Å². The van der Waals surface area contributed by atoms with E-state index in [4.69, 9.17) is 16.7 Å². The number of rotatable bonds is 5. The molecule has 1 fully saturated rings. The lowest BCUT2D eigenvalue weighted by Crippen LogP contribution is -2.41. The van der Waals surface area contributed by atoms with Crippen molar-refractivity contribution in [3.8, 4) is 11.5 Å². The molecule has 7 nitrogen and oxygen atoms in total. The monoisotopic (exact) mass is 487 g/mol. The highest BCUT2D eigenvalue weighted by Crippen LogP contribution is 2.27. The van der Waals surface area contributed by atoms with Crippen molar-refractivity contribution in [1.29, 1.82) is 0 Å². The van der Waals surface area contributed by atoms with E-state index in [1.54, 1.807) is 24.3 Å². The average Bonchev–Trinajstić information content (AvgIpc) is 3.53. The predicted octanol–water partition coefficient (Wildman–Crippen LogP) is 5.12. The quantitative estimate of drug-likeness (QED) is 0.425. The van der Waals surface area contributed by atoms with Gasteiger partial charge in [-0.15, -0.1) is 0 Å². The van der Waals surface area contributed by atoms with Crippen molar-refractivity contribution in [3.05, 3.63) is 95.4 Å². The molecule has 35 heavy (non-hydrogen) atoms. The number of carbonyl (C=O) groups excluding carboxylic acids is 2.